The van der Waals surface area contributed by atoms with Crippen LogP contribution in [0.5, 0.6) is 11.5 Å². The van der Waals surface area contributed by atoms with Crippen molar-refractivity contribution in [2.75, 3.05) is 14.2 Å². The van der Waals surface area contributed by atoms with Crippen molar-refractivity contribution in [1.82, 2.24) is 25.5 Å². The molecule has 1 amide bonds. The van der Waals surface area contributed by atoms with Crippen molar-refractivity contribution in [1.29, 1.82) is 0 Å². The second kappa shape index (κ2) is 9.32. The third-order valence-corrected chi connectivity index (χ3v) is 4.61. The van der Waals surface area contributed by atoms with Crippen molar-refractivity contribution in [3.8, 4) is 11.5 Å². The first-order chi connectivity index (χ1) is 13.6. The maximum atomic E-state index is 12.3. The van der Waals surface area contributed by atoms with Gasteiger partial charge in [-0.2, -0.15) is 0 Å². The maximum absolute atomic E-state index is 12.3. The van der Waals surface area contributed by atoms with Crippen LogP contribution in [0.3, 0.4) is 0 Å². The van der Waals surface area contributed by atoms with Crippen LogP contribution in [0, 0.1) is 0 Å². The number of benzene rings is 2. The summed E-state index contributed by atoms with van der Waals surface area (Å²) in [5.74, 6) is 1.88. The predicted molar refractivity (Wildman–Crippen MR) is 106 cm³/mol. The molecule has 1 heterocycles. The summed E-state index contributed by atoms with van der Waals surface area (Å²) in [5, 5.41) is 14.6. The van der Waals surface area contributed by atoms with Gasteiger partial charge in [-0.15, -0.1) is 5.10 Å². The van der Waals surface area contributed by atoms with Gasteiger partial charge in [-0.05, 0) is 46.3 Å². The Bertz CT molecular complexity index is 960. The van der Waals surface area contributed by atoms with E-state index in [-0.39, 0.29) is 12.5 Å². The van der Waals surface area contributed by atoms with Gasteiger partial charge in [-0.25, -0.2) is 4.68 Å². The Morgan fingerprint density at radius 3 is 2.82 bits per heavy atom. The summed E-state index contributed by atoms with van der Waals surface area (Å²) < 4.78 is 13.0. The van der Waals surface area contributed by atoms with Gasteiger partial charge in [-0.3, -0.25) is 4.79 Å². The number of nitrogens with zero attached hydrogens (tertiary/aromatic N) is 4. The molecule has 3 aromatic rings. The average Bonchev–Trinajstić information content (AvgIpc) is 3.13. The van der Waals surface area contributed by atoms with Gasteiger partial charge in [0.25, 0.3) is 0 Å². The second-order valence-electron chi connectivity index (χ2n) is 6.01. The number of hydrogen-bond acceptors (Lipinski definition) is 6. The number of nitrogens with one attached hydrogen (secondary N) is 1. The fourth-order valence-electron chi connectivity index (χ4n) is 2.70. The zero-order valence-electron chi connectivity index (χ0n) is 15.6. The summed E-state index contributed by atoms with van der Waals surface area (Å²) >= 11 is 3.45. The lowest BCUT2D eigenvalue weighted by Crippen LogP contribution is -2.28. The molecule has 28 heavy (non-hydrogen) atoms. The molecule has 0 saturated carbocycles. The minimum absolute atomic E-state index is 0.0304. The first-order valence-corrected chi connectivity index (χ1v) is 9.35. The van der Waals surface area contributed by atoms with E-state index in [1.165, 1.54) is 4.68 Å². The molecule has 0 radical (unpaired) electrons. The molecule has 0 saturated heterocycles. The third-order valence-electron chi connectivity index (χ3n) is 4.11. The zero-order chi connectivity index (χ0) is 19.9. The van der Waals surface area contributed by atoms with Crippen molar-refractivity contribution < 1.29 is 14.3 Å². The number of halogens is 1. The van der Waals surface area contributed by atoms with Crippen LogP contribution in [0.2, 0.25) is 0 Å². The molecule has 0 aliphatic rings. The minimum Gasteiger partial charge on any atom is -0.497 e. The lowest BCUT2D eigenvalue weighted by molar-refractivity contribution is -0.122. The Balaban J connectivity index is 1.63. The Hall–Kier alpha value is -2.94. The SMILES string of the molecule is COc1cccc(CNC(=O)Cn2nnnc2Cc2cc(Br)ccc2OC)c1. The molecular formula is C19H20BrN5O3. The van der Waals surface area contributed by atoms with Crippen molar-refractivity contribution in [3.63, 3.8) is 0 Å². The van der Waals surface area contributed by atoms with Crippen LogP contribution in [0.15, 0.2) is 46.9 Å². The Morgan fingerprint density at radius 2 is 2.04 bits per heavy atom. The molecular weight excluding hydrogens is 426 g/mol. The van der Waals surface area contributed by atoms with Crippen molar-refractivity contribution >= 4 is 21.8 Å². The van der Waals surface area contributed by atoms with Crippen LogP contribution in [0.4, 0.5) is 0 Å². The van der Waals surface area contributed by atoms with Crippen LogP contribution in [-0.4, -0.2) is 40.3 Å². The van der Waals surface area contributed by atoms with Crippen LogP contribution >= 0.6 is 15.9 Å². The number of carbonyl (C=O) groups is 1. The lowest BCUT2D eigenvalue weighted by Gasteiger charge is -2.10. The highest BCUT2D eigenvalue weighted by Gasteiger charge is 2.14. The van der Waals surface area contributed by atoms with Crippen LogP contribution < -0.4 is 14.8 Å². The van der Waals surface area contributed by atoms with Gasteiger partial charge >= 0.3 is 0 Å². The molecule has 0 unspecified atom stereocenters. The number of methoxy groups -OCH3 is 2. The number of amides is 1. The molecule has 0 atom stereocenters. The molecule has 0 spiro atoms. The van der Waals surface area contributed by atoms with Gasteiger partial charge in [-0.1, -0.05) is 28.1 Å². The van der Waals surface area contributed by atoms with Crippen molar-refractivity contribution in [2.24, 2.45) is 0 Å². The largest absolute Gasteiger partial charge is 0.497 e. The molecule has 1 N–H and O–H groups in total. The standard InChI is InChI=1S/C19H20BrN5O3/c1-27-16-5-3-4-13(8-16)11-21-19(26)12-25-18(22-23-24-25)10-14-9-15(20)6-7-17(14)28-2/h3-9H,10-12H2,1-2H3,(H,21,26). The number of ether oxygens (including phenoxy) is 2. The highest BCUT2D eigenvalue weighted by atomic mass is 79.9. The normalized spacial score (nSPS) is 10.5. The van der Waals surface area contributed by atoms with Crippen LogP contribution in [-0.2, 0) is 24.3 Å². The Labute approximate surface area is 171 Å². The smallest absolute Gasteiger partial charge is 0.242 e. The third kappa shape index (κ3) is 5.07. The monoisotopic (exact) mass is 445 g/mol. The summed E-state index contributed by atoms with van der Waals surface area (Å²) in [5.41, 5.74) is 1.87. The molecule has 2 aromatic carbocycles. The van der Waals surface area contributed by atoms with Crippen LogP contribution in [0.1, 0.15) is 17.0 Å². The van der Waals surface area contributed by atoms with E-state index in [2.05, 4.69) is 36.8 Å². The molecule has 0 aliphatic carbocycles. The summed E-state index contributed by atoms with van der Waals surface area (Å²) in [6, 6.07) is 13.2. The van der Waals surface area contributed by atoms with Gasteiger partial charge in [0, 0.05) is 23.0 Å². The average molecular weight is 446 g/mol. The quantitative estimate of drug-likeness (QED) is 0.572. The molecule has 1 aromatic heterocycles. The molecule has 9 heteroatoms. The molecule has 0 aliphatic heterocycles. The molecule has 146 valence electrons. The molecule has 0 fully saturated rings. The maximum Gasteiger partial charge on any atom is 0.242 e. The van der Waals surface area contributed by atoms with E-state index in [4.69, 9.17) is 9.47 Å². The van der Waals surface area contributed by atoms with Gasteiger partial charge < -0.3 is 14.8 Å². The molecule has 8 nitrogen and oxygen atoms in total. The van der Waals surface area contributed by atoms with Gasteiger partial charge in [0.15, 0.2) is 5.82 Å². The van der Waals surface area contributed by atoms with E-state index < -0.39 is 0 Å². The number of hydrogen-bond donors (Lipinski definition) is 1. The Kier molecular flexibility index (Phi) is 6.59. The summed E-state index contributed by atoms with van der Waals surface area (Å²) in [6.07, 6.45) is 0.443. The topological polar surface area (TPSA) is 91.2 Å². The van der Waals surface area contributed by atoms with E-state index in [9.17, 15) is 4.79 Å². The molecule has 0 bridgehead atoms. The van der Waals surface area contributed by atoms with Crippen molar-refractivity contribution in [3.05, 3.63) is 63.9 Å². The summed E-state index contributed by atoms with van der Waals surface area (Å²) in [7, 11) is 3.22. The summed E-state index contributed by atoms with van der Waals surface area (Å²) in [6.45, 7) is 0.426. The fraction of sp³-hybridized carbons (Fsp3) is 0.263. The molecule has 3 rings (SSSR count). The number of tetrazole rings is 1. The van der Waals surface area contributed by atoms with Gasteiger partial charge in [0.1, 0.15) is 18.0 Å². The highest BCUT2D eigenvalue weighted by molar-refractivity contribution is 9.10. The highest BCUT2D eigenvalue weighted by Crippen LogP contribution is 2.24. The predicted octanol–water partition coefficient (Wildman–Crippen LogP) is 2.36. The zero-order valence-corrected chi connectivity index (χ0v) is 17.1. The Morgan fingerprint density at radius 1 is 1.18 bits per heavy atom. The number of carbonyl (C=O) groups excluding carboxylic acids is 1. The van der Waals surface area contributed by atoms with E-state index >= 15 is 0 Å². The van der Waals surface area contributed by atoms with E-state index in [1.807, 2.05) is 42.5 Å². The van der Waals surface area contributed by atoms with Crippen LogP contribution in [0.25, 0.3) is 0 Å². The van der Waals surface area contributed by atoms with Crippen molar-refractivity contribution in [2.45, 2.75) is 19.5 Å². The van der Waals surface area contributed by atoms with E-state index in [0.717, 1.165) is 27.1 Å². The second-order valence-corrected chi connectivity index (χ2v) is 6.93. The number of rotatable bonds is 8. The fourth-order valence-corrected chi connectivity index (χ4v) is 3.11. The first-order valence-electron chi connectivity index (χ1n) is 8.56. The van der Waals surface area contributed by atoms with E-state index in [0.29, 0.717) is 18.8 Å². The lowest BCUT2D eigenvalue weighted by atomic mass is 10.1. The minimum atomic E-state index is -0.183. The first kappa shape index (κ1) is 19.8. The van der Waals surface area contributed by atoms with Gasteiger partial charge in [0.05, 0.1) is 14.2 Å². The number of aromatic nitrogens is 4. The van der Waals surface area contributed by atoms with Gasteiger partial charge in [0.2, 0.25) is 5.91 Å². The summed E-state index contributed by atoms with van der Waals surface area (Å²) in [4.78, 5) is 12.3. The van der Waals surface area contributed by atoms with E-state index in [1.54, 1.807) is 14.2 Å².